The molecule has 0 saturated heterocycles. The van der Waals surface area contributed by atoms with E-state index < -0.39 is 23.6 Å². The number of anilines is 1. The molecule has 5 rings (SSSR count). The van der Waals surface area contributed by atoms with Crippen LogP contribution < -0.4 is 5.32 Å². The second kappa shape index (κ2) is 9.37. The molecular weight excluding hydrogens is 470 g/mol. The number of nitrogens with zero attached hydrogens (tertiary/aromatic N) is 2. The van der Waals surface area contributed by atoms with E-state index in [1.54, 1.807) is 12.3 Å². The van der Waals surface area contributed by atoms with Gasteiger partial charge >= 0.3 is 6.18 Å². The molecule has 0 radical (unpaired) electrons. The predicted molar refractivity (Wildman–Crippen MR) is 129 cm³/mol. The Morgan fingerprint density at radius 2 is 1.72 bits per heavy atom. The second-order valence-electron chi connectivity index (χ2n) is 8.43. The average molecular weight is 489 g/mol. The maximum absolute atomic E-state index is 14.8. The van der Waals surface area contributed by atoms with E-state index >= 15 is 0 Å². The average Bonchev–Trinajstić information content (AvgIpc) is 3.29. The number of hydrogen-bond acceptors (Lipinski definition) is 3. The number of nitrogens with one attached hydrogen (secondary N) is 1. The Bertz CT molecular complexity index is 1480. The van der Waals surface area contributed by atoms with Gasteiger partial charge in [0, 0.05) is 30.1 Å². The van der Waals surface area contributed by atoms with Gasteiger partial charge in [0.05, 0.1) is 12.1 Å². The number of hydrogen-bond donors (Lipinski definition) is 1. The third-order valence-electron chi connectivity index (χ3n) is 5.91. The Hall–Kier alpha value is -4.33. The van der Waals surface area contributed by atoms with Crippen LogP contribution in [0.5, 0.6) is 0 Å². The number of pyridine rings is 2. The molecule has 4 aromatic rings. The van der Waals surface area contributed by atoms with Crippen molar-refractivity contribution in [3.63, 3.8) is 0 Å². The van der Waals surface area contributed by atoms with Gasteiger partial charge in [-0.2, -0.15) is 13.2 Å². The Labute approximate surface area is 204 Å². The standard InChI is InChI=1S/C28H19F4N3O/c29-24-12-18(22-11-21-10-20(13-25(21)34-16-22)17-4-2-1-3-5-17)6-7-19(24)14-27(36)35-23-8-9-33-26(15-23)28(30,31)32/h1-12,15-16H,13-14H2,(H,33,35,36). The number of rotatable bonds is 5. The molecule has 36 heavy (non-hydrogen) atoms. The van der Waals surface area contributed by atoms with Crippen molar-refractivity contribution in [1.29, 1.82) is 0 Å². The lowest BCUT2D eigenvalue weighted by Crippen LogP contribution is -2.16. The summed E-state index contributed by atoms with van der Waals surface area (Å²) in [4.78, 5) is 20.1. The molecule has 0 fully saturated rings. The molecule has 1 N–H and O–H groups in total. The molecule has 2 aromatic heterocycles. The van der Waals surface area contributed by atoms with Crippen LogP contribution in [0, 0.1) is 5.82 Å². The number of amides is 1. The molecule has 8 heteroatoms. The van der Waals surface area contributed by atoms with E-state index in [-0.39, 0.29) is 17.7 Å². The van der Waals surface area contributed by atoms with Gasteiger partial charge in [0.25, 0.3) is 0 Å². The van der Waals surface area contributed by atoms with Crippen LogP contribution in [0.3, 0.4) is 0 Å². The monoisotopic (exact) mass is 489 g/mol. The summed E-state index contributed by atoms with van der Waals surface area (Å²) in [6, 6.07) is 18.5. The first-order valence-corrected chi connectivity index (χ1v) is 11.1. The highest BCUT2D eigenvalue weighted by molar-refractivity contribution is 5.92. The van der Waals surface area contributed by atoms with Crippen molar-refractivity contribution in [3.8, 4) is 11.1 Å². The molecule has 1 aliphatic rings. The summed E-state index contributed by atoms with van der Waals surface area (Å²) in [6.07, 6.45) is 0.499. The van der Waals surface area contributed by atoms with Gasteiger partial charge < -0.3 is 5.32 Å². The highest BCUT2D eigenvalue weighted by atomic mass is 19.4. The van der Waals surface area contributed by atoms with Gasteiger partial charge in [0.15, 0.2) is 0 Å². The van der Waals surface area contributed by atoms with Gasteiger partial charge in [0.2, 0.25) is 5.91 Å². The van der Waals surface area contributed by atoms with Crippen LogP contribution in [-0.2, 0) is 23.8 Å². The molecule has 2 aromatic carbocycles. The van der Waals surface area contributed by atoms with Crippen molar-refractivity contribution in [2.75, 3.05) is 5.32 Å². The van der Waals surface area contributed by atoms with Gasteiger partial charge in [-0.3, -0.25) is 14.8 Å². The zero-order valence-electron chi connectivity index (χ0n) is 18.8. The lowest BCUT2D eigenvalue weighted by atomic mass is 10.0. The summed E-state index contributed by atoms with van der Waals surface area (Å²) < 4.78 is 53.3. The number of fused-ring (bicyclic) bond motifs is 1. The van der Waals surface area contributed by atoms with Crippen molar-refractivity contribution in [2.45, 2.75) is 19.0 Å². The fraction of sp³-hybridized carbons (Fsp3) is 0.107. The Morgan fingerprint density at radius 1 is 0.917 bits per heavy atom. The molecule has 0 spiro atoms. The van der Waals surface area contributed by atoms with Crippen molar-refractivity contribution in [3.05, 3.63) is 113 Å². The lowest BCUT2D eigenvalue weighted by molar-refractivity contribution is -0.141. The molecule has 4 nitrogen and oxygen atoms in total. The molecule has 0 saturated carbocycles. The SMILES string of the molecule is O=C(Cc1ccc(-c2cnc3c(c2)C=C(c2ccccc2)C3)cc1F)Nc1ccnc(C(F)(F)F)c1. The normalized spacial score (nSPS) is 12.7. The number of halogens is 4. The minimum absolute atomic E-state index is 0.0634. The molecular formula is C28H19F4N3O. The van der Waals surface area contributed by atoms with Crippen molar-refractivity contribution in [2.24, 2.45) is 0 Å². The molecule has 1 amide bonds. The smallest absolute Gasteiger partial charge is 0.326 e. The fourth-order valence-electron chi connectivity index (χ4n) is 4.11. The van der Waals surface area contributed by atoms with Gasteiger partial charge in [-0.25, -0.2) is 4.39 Å². The van der Waals surface area contributed by atoms with Gasteiger partial charge in [-0.15, -0.1) is 0 Å². The molecule has 0 aliphatic heterocycles. The summed E-state index contributed by atoms with van der Waals surface area (Å²) >= 11 is 0. The van der Waals surface area contributed by atoms with Gasteiger partial charge in [-0.1, -0.05) is 42.5 Å². The Kier molecular flexibility index (Phi) is 6.10. The predicted octanol–water partition coefficient (Wildman–Crippen LogP) is 6.58. The molecule has 0 bridgehead atoms. The zero-order valence-corrected chi connectivity index (χ0v) is 18.8. The summed E-state index contributed by atoms with van der Waals surface area (Å²) in [5.74, 6) is -1.23. The third-order valence-corrected chi connectivity index (χ3v) is 5.91. The molecule has 0 atom stereocenters. The highest BCUT2D eigenvalue weighted by Crippen LogP contribution is 2.33. The number of carbonyl (C=O) groups is 1. The molecule has 0 unspecified atom stereocenters. The largest absolute Gasteiger partial charge is 0.433 e. The molecule has 180 valence electrons. The van der Waals surface area contributed by atoms with Crippen LogP contribution in [0.2, 0.25) is 0 Å². The van der Waals surface area contributed by atoms with Crippen molar-refractivity contribution >= 4 is 23.2 Å². The quantitative estimate of drug-likeness (QED) is 0.322. The number of carbonyl (C=O) groups excluding carboxylic acids is 1. The van der Waals surface area contributed by atoms with E-state index in [4.69, 9.17) is 0 Å². The van der Waals surface area contributed by atoms with E-state index in [1.807, 2.05) is 36.4 Å². The van der Waals surface area contributed by atoms with E-state index in [0.29, 0.717) is 5.56 Å². The first-order chi connectivity index (χ1) is 17.3. The van der Waals surface area contributed by atoms with Crippen LogP contribution in [0.1, 0.15) is 28.1 Å². The van der Waals surface area contributed by atoms with Crippen molar-refractivity contribution < 1.29 is 22.4 Å². The minimum Gasteiger partial charge on any atom is -0.326 e. The summed E-state index contributed by atoms with van der Waals surface area (Å²) in [5.41, 5.74) is 4.52. The van der Waals surface area contributed by atoms with Crippen LogP contribution >= 0.6 is 0 Å². The van der Waals surface area contributed by atoms with Crippen molar-refractivity contribution in [1.82, 2.24) is 9.97 Å². The minimum atomic E-state index is -4.63. The zero-order chi connectivity index (χ0) is 25.3. The number of alkyl halides is 3. The second-order valence-corrected chi connectivity index (χ2v) is 8.43. The van der Waals surface area contributed by atoms with E-state index in [9.17, 15) is 22.4 Å². The van der Waals surface area contributed by atoms with Gasteiger partial charge in [0.1, 0.15) is 11.5 Å². The first kappa shape index (κ1) is 23.4. The number of benzene rings is 2. The lowest BCUT2D eigenvalue weighted by Gasteiger charge is -2.10. The van der Waals surface area contributed by atoms with Crippen LogP contribution in [0.15, 0.2) is 79.1 Å². The molecule has 2 heterocycles. The summed E-state index contributed by atoms with van der Waals surface area (Å²) in [7, 11) is 0. The molecule has 1 aliphatic carbocycles. The maximum atomic E-state index is 14.8. The van der Waals surface area contributed by atoms with E-state index in [1.165, 1.54) is 23.8 Å². The number of aromatic nitrogens is 2. The highest BCUT2D eigenvalue weighted by Gasteiger charge is 2.32. The Morgan fingerprint density at radius 3 is 2.47 bits per heavy atom. The Balaban J connectivity index is 1.30. The van der Waals surface area contributed by atoms with E-state index in [2.05, 4.69) is 21.4 Å². The third kappa shape index (κ3) is 5.02. The van der Waals surface area contributed by atoms with E-state index in [0.717, 1.165) is 41.1 Å². The summed E-state index contributed by atoms with van der Waals surface area (Å²) in [6.45, 7) is 0. The maximum Gasteiger partial charge on any atom is 0.433 e. The van der Waals surface area contributed by atoms with Crippen LogP contribution in [0.4, 0.5) is 23.2 Å². The fourth-order valence-corrected chi connectivity index (χ4v) is 4.11. The topological polar surface area (TPSA) is 54.9 Å². The van der Waals surface area contributed by atoms with Gasteiger partial charge in [-0.05, 0) is 58.2 Å². The van der Waals surface area contributed by atoms with Crippen LogP contribution in [0.25, 0.3) is 22.8 Å². The first-order valence-electron chi connectivity index (χ1n) is 11.1. The van der Waals surface area contributed by atoms with Crippen LogP contribution in [-0.4, -0.2) is 15.9 Å². The number of allylic oxidation sites excluding steroid dienone is 1. The summed E-state index contributed by atoms with van der Waals surface area (Å²) in [5, 5.41) is 2.36.